The van der Waals surface area contributed by atoms with Crippen molar-refractivity contribution in [1.82, 2.24) is 0 Å². The molecule has 0 unspecified atom stereocenters. The third-order valence-electron chi connectivity index (χ3n) is 4.28. The standard InChI is InChI=1S/C22H22BrNO4/c1-22(2,3)28-21(26)24-13-16(14-9-6-8-12-18(14)24)19(20(25)27-4)15-10-5-7-11-17(15)23/h5-12H,13H2,1-4H3/b19-16+. The highest BCUT2D eigenvalue weighted by Gasteiger charge is 2.35. The van der Waals surface area contributed by atoms with Crippen LogP contribution in [0, 0.1) is 0 Å². The summed E-state index contributed by atoms with van der Waals surface area (Å²) in [6.07, 6.45) is -0.453. The lowest BCUT2D eigenvalue weighted by Gasteiger charge is -2.24. The summed E-state index contributed by atoms with van der Waals surface area (Å²) in [6.45, 7) is 5.69. The maximum absolute atomic E-state index is 12.8. The fourth-order valence-corrected chi connectivity index (χ4v) is 3.63. The van der Waals surface area contributed by atoms with Gasteiger partial charge >= 0.3 is 12.1 Å². The molecule has 28 heavy (non-hydrogen) atoms. The number of para-hydroxylation sites is 1. The van der Waals surface area contributed by atoms with Gasteiger partial charge in [-0.05, 0) is 38.5 Å². The summed E-state index contributed by atoms with van der Waals surface area (Å²) < 4.78 is 11.4. The van der Waals surface area contributed by atoms with E-state index in [9.17, 15) is 9.59 Å². The van der Waals surface area contributed by atoms with Gasteiger partial charge in [0.2, 0.25) is 0 Å². The number of esters is 1. The number of carbonyl (C=O) groups excluding carboxylic acids is 2. The Balaban J connectivity index is 2.18. The SMILES string of the molecule is COC(=O)/C(=C1\CN(C(=O)OC(C)(C)C)c2ccccc21)c1ccccc1Br. The predicted octanol–water partition coefficient (Wildman–Crippen LogP) is 5.29. The van der Waals surface area contributed by atoms with Gasteiger partial charge < -0.3 is 9.47 Å². The number of nitrogens with zero attached hydrogens (tertiary/aromatic N) is 1. The Bertz CT molecular complexity index is 959. The van der Waals surface area contributed by atoms with Crippen LogP contribution in [0.5, 0.6) is 0 Å². The lowest BCUT2D eigenvalue weighted by atomic mass is 9.96. The fraction of sp³-hybridized carbons (Fsp3) is 0.273. The quantitative estimate of drug-likeness (QED) is 0.467. The number of amides is 1. The first kappa shape index (κ1) is 20.1. The third-order valence-corrected chi connectivity index (χ3v) is 4.98. The summed E-state index contributed by atoms with van der Waals surface area (Å²) in [6, 6.07) is 14.9. The van der Waals surface area contributed by atoms with Gasteiger partial charge in [0.1, 0.15) is 5.60 Å². The van der Waals surface area contributed by atoms with E-state index in [1.54, 1.807) is 4.90 Å². The van der Waals surface area contributed by atoms with Crippen LogP contribution >= 0.6 is 15.9 Å². The van der Waals surface area contributed by atoms with Crippen molar-refractivity contribution in [2.24, 2.45) is 0 Å². The second-order valence-corrected chi connectivity index (χ2v) is 8.26. The molecule has 0 N–H and O–H groups in total. The molecule has 5 nitrogen and oxygen atoms in total. The topological polar surface area (TPSA) is 55.8 Å². The molecule has 0 radical (unpaired) electrons. The van der Waals surface area contributed by atoms with Gasteiger partial charge in [0.05, 0.1) is 24.9 Å². The normalized spacial score (nSPS) is 15.1. The van der Waals surface area contributed by atoms with Gasteiger partial charge in [-0.15, -0.1) is 0 Å². The lowest BCUT2D eigenvalue weighted by Crippen LogP contribution is -2.35. The van der Waals surface area contributed by atoms with Gasteiger partial charge in [-0.25, -0.2) is 9.59 Å². The largest absolute Gasteiger partial charge is 0.465 e. The molecule has 1 amide bonds. The first-order valence-corrected chi connectivity index (χ1v) is 9.68. The van der Waals surface area contributed by atoms with Crippen molar-refractivity contribution in [2.75, 3.05) is 18.6 Å². The Morgan fingerprint density at radius 3 is 2.32 bits per heavy atom. The number of rotatable bonds is 2. The average Bonchev–Trinajstić information content (AvgIpc) is 3.02. The van der Waals surface area contributed by atoms with E-state index >= 15 is 0 Å². The molecule has 0 saturated heterocycles. The third kappa shape index (κ3) is 3.97. The number of ether oxygens (including phenoxy) is 2. The summed E-state index contributed by atoms with van der Waals surface area (Å²) in [5.74, 6) is -0.456. The van der Waals surface area contributed by atoms with E-state index in [1.807, 2.05) is 69.3 Å². The number of hydrogen-bond donors (Lipinski definition) is 0. The molecule has 0 spiro atoms. The van der Waals surface area contributed by atoms with Crippen molar-refractivity contribution in [3.8, 4) is 0 Å². The lowest BCUT2D eigenvalue weighted by molar-refractivity contribution is -0.133. The molecule has 1 aliphatic rings. The first-order chi connectivity index (χ1) is 13.2. The maximum Gasteiger partial charge on any atom is 0.415 e. The second kappa shape index (κ2) is 7.80. The zero-order chi connectivity index (χ0) is 20.5. The predicted molar refractivity (Wildman–Crippen MR) is 113 cm³/mol. The molecular weight excluding hydrogens is 422 g/mol. The molecule has 3 rings (SSSR count). The van der Waals surface area contributed by atoms with E-state index < -0.39 is 17.7 Å². The summed E-state index contributed by atoms with van der Waals surface area (Å²) >= 11 is 3.52. The highest BCUT2D eigenvalue weighted by molar-refractivity contribution is 9.10. The Hall–Kier alpha value is -2.60. The molecule has 0 bridgehead atoms. The molecule has 0 aromatic heterocycles. The van der Waals surface area contributed by atoms with Crippen molar-refractivity contribution in [1.29, 1.82) is 0 Å². The van der Waals surface area contributed by atoms with E-state index in [4.69, 9.17) is 9.47 Å². The van der Waals surface area contributed by atoms with Crippen LogP contribution < -0.4 is 4.90 Å². The molecule has 0 aliphatic carbocycles. The Kier molecular flexibility index (Phi) is 5.61. The van der Waals surface area contributed by atoms with Gasteiger partial charge in [0.15, 0.2) is 0 Å². The van der Waals surface area contributed by atoms with Gasteiger partial charge in [-0.2, -0.15) is 0 Å². The van der Waals surface area contributed by atoms with E-state index in [2.05, 4.69) is 15.9 Å². The number of anilines is 1. The number of halogens is 1. The van der Waals surface area contributed by atoms with Crippen LogP contribution in [0.15, 0.2) is 53.0 Å². The van der Waals surface area contributed by atoms with E-state index in [0.29, 0.717) is 16.8 Å². The molecule has 0 saturated carbocycles. The van der Waals surface area contributed by atoms with E-state index in [0.717, 1.165) is 15.6 Å². The van der Waals surface area contributed by atoms with Crippen LogP contribution in [0.25, 0.3) is 11.1 Å². The highest BCUT2D eigenvalue weighted by atomic mass is 79.9. The second-order valence-electron chi connectivity index (χ2n) is 7.41. The average molecular weight is 444 g/mol. The van der Waals surface area contributed by atoms with Crippen LogP contribution in [-0.2, 0) is 14.3 Å². The van der Waals surface area contributed by atoms with Crippen LogP contribution in [-0.4, -0.2) is 31.3 Å². The molecule has 2 aromatic rings. The van der Waals surface area contributed by atoms with Crippen molar-refractivity contribution in [3.63, 3.8) is 0 Å². The highest BCUT2D eigenvalue weighted by Crippen LogP contribution is 2.42. The molecular formula is C22H22BrNO4. The summed E-state index contributed by atoms with van der Waals surface area (Å²) in [4.78, 5) is 27.1. The minimum absolute atomic E-state index is 0.222. The van der Waals surface area contributed by atoms with Gasteiger partial charge in [-0.3, -0.25) is 4.90 Å². The smallest absolute Gasteiger partial charge is 0.415 e. The van der Waals surface area contributed by atoms with Crippen LogP contribution in [0.1, 0.15) is 31.9 Å². The molecule has 2 aromatic carbocycles. The van der Waals surface area contributed by atoms with Crippen LogP contribution in [0.2, 0.25) is 0 Å². The number of fused-ring (bicyclic) bond motifs is 1. The van der Waals surface area contributed by atoms with Crippen LogP contribution in [0.4, 0.5) is 10.5 Å². The fourth-order valence-electron chi connectivity index (χ4n) is 3.15. The van der Waals surface area contributed by atoms with Gasteiger partial charge in [-0.1, -0.05) is 52.3 Å². The number of carbonyl (C=O) groups is 2. The number of benzene rings is 2. The van der Waals surface area contributed by atoms with Crippen molar-refractivity contribution in [3.05, 3.63) is 64.1 Å². The maximum atomic E-state index is 12.8. The van der Waals surface area contributed by atoms with E-state index in [-0.39, 0.29) is 6.54 Å². The van der Waals surface area contributed by atoms with Gasteiger partial charge in [0.25, 0.3) is 0 Å². The summed E-state index contributed by atoms with van der Waals surface area (Å²) in [5, 5.41) is 0. The van der Waals surface area contributed by atoms with Crippen molar-refractivity contribution in [2.45, 2.75) is 26.4 Å². The molecule has 1 heterocycles. The zero-order valence-electron chi connectivity index (χ0n) is 16.3. The Labute approximate surface area is 173 Å². The molecule has 146 valence electrons. The monoisotopic (exact) mass is 443 g/mol. The Morgan fingerprint density at radius 2 is 1.68 bits per heavy atom. The molecule has 6 heteroatoms. The molecule has 1 aliphatic heterocycles. The van der Waals surface area contributed by atoms with Gasteiger partial charge in [0, 0.05) is 15.6 Å². The molecule has 0 atom stereocenters. The first-order valence-electron chi connectivity index (χ1n) is 8.89. The zero-order valence-corrected chi connectivity index (χ0v) is 17.9. The summed E-state index contributed by atoms with van der Waals surface area (Å²) in [7, 11) is 1.35. The minimum Gasteiger partial charge on any atom is -0.465 e. The van der Waals surface area contributed by atoms with E-state index in [1.165, 1.54) is 7.11 Å². The van der Waals surface area contributed by atoms with Crippen molar-refractivity contribution >= 4 is 44.8 Å². The number of hydrogen-bond acceptors (Lipinski definition) is 4. The molecule has 0 fully saturated rings. The Morgan fingerprint density at radius 1 is 1.04 bits per heavy atom. The summed E-state index contributed by atoms with van der Waals surface area (Å²) in [5.41, 5.74) is 2.76. The van der Waals surface area contributed by atoms with Crippen molar-refractivity contribution < 1.29 is 19.1 Å². The minimum atomic E-state index is -0.619. The number of methoxy groups -OCH3 is 1. The van der Waals surface area contributed by atoms with Crippen LogP contribution in [0.3, 0.4) is 0 Å².